The minimum Gasteiger partial charge on any atom is -0.322 e. The van der Waals surface area contributed by atoms with E-state index in [0.717, 1.165) is 22.3 Å². The van der Waals surface area contributed by atoms with E-state index in [1.165, 1.54) is 42.7 Å². The number of carbonyl (C=O) groups is 1. The molecule has 5 rings (SSSR count). The third-order valence-corrected chi connectivity index (χ3v) is 5.05. The van der Waals surface area contributed by atoms with Crippen LogP contribution in [0.1, 0.15) is 21.7 Å². The van der Waals surface area contributed by atoms with Gasteiger partial charge in [0.1, 0.15) is 23.8 Å². The van der Waals surface area contributed by atoms with Crippen molar-refractivity contribution in [1.29, 1.82) is 0 Å². The lowest BCUT2D eigenvalue weighted by molar-refractivity contribution is 0.102. The summed E-state index contributed by atoms with van der Waals surface area (Å²) in [6.07, 6.45) is 2.02. The van der Waals surface area contributed by atoms with E-state index in [4.69, 9.17) is 0 Å². The molecule has 2 heterocycles. The van der Waals surface area contributed by atoms with Crippen LogP contribution in [0.25, 0.3) is 22.2 Å². The van der Waals surface area contributed by atoms with Crippen molar-refractivity contribution >= 4 is 22.5 Å². The van der Waals surface area contributed by atoms with Crippen molar-refractivity contribution in [2.45, 2.75) is 6.42 Å². The largest absolute Gasteiger partial charge is 0.322 e. The predicted octanol–water partition coefficient (Wildman–Crippen LogP) is 4.47. The maximum absolute atomic E-state index is 14.5. The summed E-state index contributed by atoms with van der Waals surface area (Å²) in [7, 11) is 0. The smallest absolute Gasteiger partial charge is 0.258 e. The number of H-pyrrole nitrogens is 2. The lowest BCUT2D eigenvalue weighted by Crippen LogP contribution is -2.14. The minimum absolute atomic E-state index is 0.138. The van der Waals surface area contributed by atoms with Crippen LogP contribution in [0.4, 0.5) is 14.5 Å². The Morgan fingerprint density at radius 3 is 2.59 bits per heavy atom. The maximum Gasteiger partial charge on any atom is 0.258 e. The number of amides is 1. The number of nitrogens with zero attached hydrogens (tertiary/aromatic N) is 3. The standard InChI is InChI=1S/C23H16F2N6O/c24-15-3-5-16(6-4-15)28-23(32)17-11-14(2-7-19(17)25)22-18-9-13(1-8-20(18)29-31-22)10-21-26-12-27-30-21/h1-9,11-12H,10H2,(H,28,32)(H,29,31)(H,26,27,30). The van der Waals surface area contributed by atoms with E-state index in [-0.39, 0.29) is 5.56 Å². The van der Waals surface area contributed by atoms with Gasteiger partial charge in [-0.2, -0.15) is 10.2 Å². The highest BCUT2D eigenvalue weighted by Gasteiger charge is 2.16. The highest BCUT2D eigenvalue weighted by Crippen LogP contribution is 2.29. The van der Waals surface area contributed by atoms with Gasteiger partial charge in [-0.15, -0.1) is 0 Å². The highest BCUT2D eigenvalue weighted by molar-refractivity contribution is 6.05. The van der Waals surface area contributed by atoms with Crippen LogP contribution in [0.3, 0.4) is 0 Å². The van der Waals surface area contributed by atoms with E-state index in [1.807, 2.05) is 18.2 Å². The fourth-order valence-electron chi connectivity index (χ4n) is 3.48. The fourth-order valence-corrected chi connectivity index (χ4v) is 3.48. The van der Waals surface area contributed by atoms with Crippen molar-refractivity contribution in [2.75, 3.05) is 5.32 Å². The monoisotopic (exact) mass is 430 g/mol. The van der Waals surface area contributed by atoms with E-state index in [9.17, 15) is 13.6 Å². The molecule has 0 spiro atoms. The van der Waals surface area contributed by atoms with Gasteiger partial charge >= 0.3 is 0 Å². The first-order valence-electron chi connectivity index (χ1n) is 9.75. The lowest BCUT2D eigenvalue weighted by atomic mass is 10.0. The normalized spacial score (nSPS) is 11.1. The number of benzene rings is 3. The SMILES string of the molecule is O=C(Nc1ccc(F)cc1)c1cc(-c2n[nH]c3ccc(Cc4ncn[nH]4)cc23)ccc1F. The van der Waals surface area contributed by atoms with Crippen LogP contribution < -0.4 is 5.32 Å². The quantitative estimate of drug-likeness (QED) is 0.383. The van der Waals surface area contributed by atoms with Crippen LogP contribution in [-0.4, -0.2) is 31.3 Å². The van der Waals surface area contributed by atoms with E-state index < -0.39 is 17.5 Å². The Balaban J connectivity index is 1.48. The molecule has 0 fully saturated rings. The average Bonchev–Trinajstić information content (AvgIpc) is 3.45. The molecule has 2 aromatic heterocycles. The number of aromatic nitrogens is 5. The second-order valence-corrected chi connectivity index (χ2v) is 7.22. The Labute approximate surface area is 180 Å². The highest BCUT2D eigenvalue weighted by atomic mass is 19.1. The molecule has 0 aliphatic carbocycles. The predicted molar refractivity (Wildman–Crippen MR) is 115 cm³/mol. The number of carbonyl (C=O) groups excluding carboxylic acids is 1. The Morgan fingerprint density at radius 2 is 1.81 bits per heavy atom. The molecule has 0 unspecified atom stereocenters. The van der Waals surface area contributed by atoms with Crippen molar-refractivity contribution in [1.82, 2.24) is 25.4 Å². The zero-order chi connectivity index (χ0) is 22.1. The Kier molecular flexibility index (Phi) is 4.91. The molecule has 1 amide bonds. The van der Waals surface area contributed by atoms with E-state index in [0.29, 0.717) is 23.4 Å². The van der Waals surface area contributed by atoms with Crippen LogP contribution in [0.2, 0.25) is 0 Å². The zero-order valence-corrected chi connectivity index (χ0v) is 16.6. The molecule has 0 saturated heterocycles. The summed E-state index contributed by atoms with van der Waals surface area (Å²) in [5.41, 5.74) is 3.20. The summed E-state index contributed by atoms with van der Waals surface area (Å²) in [4.78, 5) is 16.8. The summed E-state index contributed by atoms with van der Waals surface area (Å²) < 4.78 is 27.5. The number of rotatable bonds is 5. The third kappa shape index (κ3) is 3.83. The molecule has 0 aliphatic rings. The van der Waals surface area contributed by atoms with Gasteiger partial charge in [0.15, 0.2) is 0 Å². The van der Waals surface area contributed by atoms with Gasteiger partial charge in [-0.3, -0.25) is 15.0 Å². The summed E-state index contributed by atoms with van der Waals surface area (Å²) >= 11 is 0. The van der Waals surface area contributed by atoms with Gasteiger partial charge < -0.3 is 5.32 Å². The van der Waals surface area contributed by atoms with Gasteiger partial charge in [0.25, 0.3) is 5.91 Å². The number of nitrogens with one attached hydrogen (secondary N) is 3. The van der Waals surface area contributed by atoms with E-state index in [1.54, 1.807) is 6.07 Å². The van der Waals surface area contributed by atoms with Crippen LogP contribution in [0.15, 0.2) is 67.0 Å². The van der Waals surface area contributed by atoms with E-state index in [2.05, 4.69) is 30.7 Å². The average molecular weight is 430 g/mol. The van der Waals surface area contributed by atoms with Crippen molar-refractivity contribution in [2.24, 2.45) is 0 Å². The summed E-state index contributed by atoms with van der Waals surface area (Å²) in [5.74, 6) is -0.999. The number of anilines is 1. The van der Waals surface area contributed by atoms with E-state index >= 15 is 0 Å². The molecule has 32 heavy (non-hydrogen) atoms. The number of hydrogen-bond donors (Lipinski definition) is 3. The molecular formula is C23H16F2N6O. The van der Waals surface area contributed by atoms with Crippen molar-refractivity contribution < 1.29 is 13.6 Å². The topological polar surface area (TPSA) is 99.3 Å². The fraction of sp³-hybridized carbons (Fsp3) is 0.0435. The summed E-state index contributed by atoms with van der Waals surface area (Å²) in [6.45, 7) is 0. The molecule has 0 bridgehead atoms. The molecule has 158 valence electrons. The third-order valence-electron chi connectivity index (χ3n) is 5.05. The van der Waals surface area contributed by atoms with Crippen molar-refractivity contribution in [3.05, 3.63) is 95.6 Å². The van der Waals surface area contributed by atoms with Crippen LogP contribution in [0.5, 0.6) is 0 Å². The first-order chi connectivity index (χ1) is 15.6. The number of fused-ring (bicyclic) bond motifs is 1. The molecule has 0 aliphatic heterocycles. The van der Waals surface area contributed by atoms with Gasteiger partial charge in [-0.1, -0.05) is 6.07 Å². The summed E-state index contributed by atoms with van der Waals surface area (Å²) in [5, 5.41) is 17.4. The molecule has 0 saturated carbocycles. The summed E-state index contributed by atoms with van der Waals surface area (Å²) in [6, 6.07) is 15.3. The van der Waals surface area contributed by atoms with Gasteiger partial charge in [-0.25, -0.2) is 13.8 Å². The van der Waals surface area contributed by atoms with Crippen LogP contribution in [-0.2, 0) is 6.42 Å². The van der Waals surface area contributed by atoms with Gasteiger partial charge in [0, 0.05) is 23.1 Å². The van der Waals surface area contributed by atoms with Gasteiger partial charge in [-0.05, 0) is 60.2 Å². The number of hydrogen-bond acceptors (Lipinski definition) is 4. The Hall–Kier alpha value is -4.40. The van der Waals surface area contributed by atoms with Gasteiger partial charge in [0.05, 0.1) is 16.8 Å². The zero-order valence-electron chi connectivity index (χ0n) is 16.6. The van der Waals surface area contributed by atoms with Crippen molar-refractivity contribution in [3.8, 4) is 11.3 Å². The van der Waals surface area contributed by atoms with Crippen LogP contribution >= 0.6 is 0 Å². The van der Waals surface area contributed by atoms with Crippen molar-refractivity contribution in [3.63, 3.8) is 0 Å². The molecular weight excluding hydrogens is 414 g/mol. The first kappa shape index (κ1) is 19.6. The molecule has 9 heteroatoms. The Bertz CT molecular complexity index is 1410. The Morgan fingerprint density at radius 1 is 0.969 bits per heavy atom. The molecule has 0 radical (unpaired) electrons. The maximum atomic E-state index is 14.5. The molecule has 5 aromatic rings. The second kappa shape index (κ2) is 8.03. The number of halogens is 2. The van der Waals surface area contributed by atoms with Crippen LogP contribution in [0, 0.1) is 11.6 Å². The molecule has 3 aromatic carbocycles. The molecule has 7 nitrogen and oxygen atoms in total. The first-order valence-corrected chi connectivity index (χ1v) is 9.75. The second-order valence-electron chi connectivity index (χ2n) is 7.22. The number of aromatic amines is 2. The molecule has 0 atom stereocenters. The lowest BCUT2D eigenvalue weighted by Gasteiger charge is -2.08. The molecule has 3 N–H and O–H groups in total. The minimum atomic E-state index is -0.667. The van der Waals surface area contributed by atoms with Gasteiger partial charge in [0.2, 0.25) is 0 Å².